The van der Waals surface area contributed by atoms with Gasteiger partial charge in [-0.25, -0.2) is 4.98 Å². The van der Waals surface area contributed by atoms with Crippen molar-refractivity contribution in [2.24, 2.45) is 0 Å². The Hall–Kier alpha value is -3.46. The van der Waals surface area contributed by atoms with Crippen molar-refractivity contribution in [3.8, 4) is 0 Å². The second-order valence-electron chi connectivity index (χ2n) is 6.40. The number of rotatable bonds is 5. The van der Waals surface area contributed by atoms with E-state index in [-0.39, 0.29) is 17.0 Å². The van der Waals surface area contributed by atoms with Gasteiger partial charge in [0, 0.05) is 23.1 Å². The van der Waals surface area contributed by atoms with E-state index in [0.29, 0.717) is 0 Å². The molecule has 0 saturated heterocycles. The lowest BCUT2D eigenvalue weighted by Gasteiger charge is -2.09. The molecular formula is C20H18N4O4S. The van der Waals surface area contributed by atoms with Crippen molar-refractivity contribution in [3.05, 3.63) is 75.3 Å². The van der Waals surface area contributed by atoms with Gasteiger partial charge in [-0.2, -0.15) is 0 Å². The first-order valence-electron chi connectivity index (χ1n) is 8.68. The summed E-state index contributed by atoms with van der Waals surface area (Å²) in [5, 5.41) is 12.4. The lowest BCUT2D eigenvalue weighted by Crippen LogP contribution is -2.42. The van der Waals surface area contributed by atoms with E-state index in [4.69, 9.17) is 0 Å². The van der Waals surface area contributed by atoms with Gasteiger partial charge in [-0.05, 0) is 49.2 Å². The molecule has 2 aromatic carbocycles. The van der Waals surface area contributed by atoms with Crippen molar-refractivity contribution in [2.75, 3.05) is 5.75 Å². The second kappa shape index (κ2) is 8.70. The van der Waals surface area contributed by atoms with Crippen LogP contribution in [-0.4, -0.2) is 27.5 Å². The van der Waals surface area contributed by atoms with Gasteiger partial charge in [0.25, 0.3) is 11.6 Å². The summed E-state index contributed by atoms with van der Waals surface area (Å²) in [6, 6.07) is 13.1. The molecule has 148 valence electrons. The number of carbonyl (C=O) groups excluding carboxylic acids is 2. The van der Waals surface area contributed by atoms with Gasteiger partial charge in [0.05, 0.1) is 16.2 Å². The van der Waals surface area contributed by atoms with Crippen LogP contribution >= 0.6 is 11.8 Å². The van der Waals surface area contributed by atoms with Crippen molar-refractivity contribution in [1.29, 1.82) is 0 Å². The van der Waals surface area contributed by atoms with Crippen LogP contribution in [0.2, 0.25) is 0 Å². The number of aromatic nitrogens is 1. The molecule has 2 N–H and O–H groups in total. The zero-order chi connectivity index (χ0) is 21.0. The lowest BCUT2D eigenvalue weighted by molar-refractivity contribution is -0.384. The Labute approximate surface area is 170 Å². The average molecular weight is 410 g/mol. The number of non-ortho nitro benzene ring substituents is 1. The van der Waals surface area contributed by atoms with Gasteiger partial charge >= 0.3 is 0 Å². The summed E-state index contributed by atoms with van der Waals surface area (Å²) >= 11 is 1.28. The van der Waals surface area contributed by atoms with Crippen LogP contribution in [-0.2, 0) is 4.79 Å². The fraction of sp³-hybridized carbons (Fsp3) is 0.150. The van der Waals surface area contributed by atoms with Gasteiger partial charge < -0.3 is 0 Å². The third-order valence-electron chi connectivity index (χ3n) is 4.11. The number of hydrogen-bond donors (Lipinski definition) is 2. The summed E-state index contributed by atoms with van der Waals surface area (Å²) in [7, 11) is 0. The molecule has 9 heteroatoms. The molecule has 0 bridgehead atoms. The highest BCUT2D eigenvalue weighted by atomic mass is 32.2. The van der Waals surface area contributed by atoms with Crippen LogP contribution in [0.1, 0.15) is 21.5 Å². The Morgan fingerprint density at radius 3 is 2.48 bits per heavy atom. The smallest absolute Gasteiger partial charge is 0.269 e. The number of aryl methyl sites for hydroxylation is 2. The third kappa shape index (κ3) is 5.08. The van der Waals surface area contributed by atoms with Crippen molar-refractivity contribution in [1.82, 2.24) is 15.8 Å². The Balaban J connectivity index is 1.56. The van der Waals surface area contributed by atoms with Gasteiger partial charge in [-0.1, -0.05) is 23.9 Å². The molecule has 0 aliphatic heterocycles. The molecule has 1 aromatic heterocycles. The van der Waals surface area contributed by atoms with Crippen molar-refractivity contribution in [2.45, 2.75) is 18.9 Å². The molecule has 3 rings (SSSR count). The van der Waals surface area contributed by atoms with E-state index in [1.807, 2.05) is 38.1 Å². The van der Waals surface area contributed by atoms with E-state index in [9.17, 15) is 19.7 Å². The van der Waals surface area contributed by atoms with Gasteiger partial charge in [0.2, 0.25) is 5.91 Å². The van der Waals surface area contributed by atoms with E-state index in [2.05, 4.69) is 15.8 Å². The van der Waals surface area contributed by atoms with Crippen LogP contribution in [0.15, 0.2) is 53.6 Å². The van der Waals surface area contributed by atoms with Crippen LogP contribution in [0.3, 0.4) is 0 Å². The lowest BCUT2D eigenvalue weighted by atomic mass is 10.1. The zero-order valence-electron chi connectivity index (χ0n) is 15.8. The molecule has 0 saturated carbocycles. The van der Waals surface area contributed by atoms with Crippen LogP contribution in [0.4, 0.5) is 5.69 Å². The van der Waals surface area contributed by atoms with Crippen molar-refractivity contribution >= 4 is 40.2 Å². The van der Waals surface area contributed by atoms with Gasteiger partial charge in [0.15, 0.2) is 0 Å². The van der Waals surface area contributed by atoms with E-state index in [1.54, 1.807) is 0 Å². The molecule has 2 amide bonds. The number of hydrazine groups is 1. The molecule has 0 radical (unpaired) electrons. The number of carbonyl (C=O) groups is 2. The molecular weight excluding hydrogens is 392 g/mol. The van der Waals surface area contributed by atoms with E-state index < -0.39 is 16.7 Å². The molecule has 8 nitrogen and oxygen atoms in total. The first-order chi connectivity index (χ1) is 13.8. The molecule has 29 heavy (non-hydrogen) atoms. The van der Waals surface area contributed by atoms with Gasteiger partial charge in [-0.15, -0.1) is 0 Å². The first-order valence-corrected chi connectivity index (χ1v) is 9.66. The van der Waals surface area contributed by atoms with E-state index in [0.717, 1.165) is 27.1 Å². The topological polar surface area (TPSA) is 114 Å². The minimum Gasteiger partial charge on any atom is -0.272 e. The Morgan fingerprint density at radius 1 is 1.07 bits per heavy atom. The molecule has 0 unspecified atom stereocenters. The summed E-state index contributed by atoms with van der Waals surface area (Å²) in [4.78, 5) is 38.8. The maximum Gasteiger partial charge on any atom is 0.269 e. The highest BCUT2D eigenvalue weighted by Gasteiger charge is 2.12. The molecule has 0 fully saturated rings. The summed E-state index contributed by atoms with van der Waals surface area (Å²) in [6.07, 6.45) is 0. The Bertz CT molecular complexity index is 1100. The number of nitro groups is 1. The zero-order valence-corrected chi connectivity index (χ0v) is 16.6. The number of fused-ring (bicyclic) bond motifs is 1. The molecule has 0 aliphatic rings. The molecule has 0 aliphatic carbocycles. The first kappa shape index (κ1) is 20.3. The third-order valence-corrected chi connectivity index (χ3v) is 5.21. The Morgan fingerprint density at radius 2 is 1.79 bits per heavy atom. The quantitative estimate of drug-likeness (QED) is 0.379. The summed E-state index contributed by atoms with van der Waals surface area (Å²) < 4.78 is 0. The normalized spacial score (nSPS) is 10.6. The van der Waals surface area contributed by atoms with Crippen LogP contribution in [0.5, 0.6) is 0 Å². The van der Waals surface area contributed by atoms with Crippen molar-refractivity contribution < 1.29 is 14.5 Å². The van der Waals surface area contributed by atoms with Gasteiger partial charge in [0.1, 0.15) is 5.03 Å². The summed E-state index contributed by atoms with van der Waals surface area (Å²) in [6.45, 7) is 3.93. The maximum atomic E-state index is 12.1. The minimum atomic E-state index is -0.561. The van der Waals surface area contributed by atoms with Crippen LogP contribution in [0, 0.1) is 24.0 Å². The number of nitrogens with zero attached hydrogens (tertiary/aromatic N) is 2. The van der Waals surface area contributed by atoms with Crippen LogP contribution < -0.4 is 10.9 Å². The molecule has 1 heterocycles. The van der Waals surface area contributed by atoms with Gasteiger partial charge in [-0.3, -0.25) is 30.6 Å². The Kier molecular flexibility index (Phi) is 6.08. The van der Waals surface area contributed by atoms with Crippen molar-refractivity contribution in [3.63, 3.8) is 0 Å². The highest BCUT2D eigenvalue weighted by Crippen LogP contribution is 2.24. The number of nitrogens with one attached hydrogen (secondary N) is 2. The predicted molar refractivity (Wildman–Crippen MR) is 111 cm³/mol. The number of amides is 2. The monoisotopic (exact) mass is 410 g/mol. The number of hydrogen-bond acceptors (Lipinski definition) is 6. The highest BCUT2D eigenvalue weighted by molar-refractivity contribution is 7.99. The standard InChI is InChI=1S/C20H18N4O4S/c1-12-3-4-15-10-13(2)20(21-17(15)9-12)29-11-18(25)22-23-19(26)14-5-7-16(8-6-14)24(27)28/h3-10H,11H2,1-2H3,(H,22,25)(H,23,26). The SMILES string of the molecule is Cc1ccc2cc(C)c(SCC(=O)NNC(=O)c3ccc([N+](=O)[O-])cc3)nc2c1. The number of nitro benzene ring substituents is 1. The molecule has 0 spiro atoms. The molecule has 3 aromatic rings. The number of thioether (sulfide) groups is 1. The van der Waals surface area contributed by atoms with E-state index in [1.165, 1.54) is 36.0 Å². The fourth-order valence-electron chi connectivity index (χ4n) is 2.61. The summed E-state index contributed by atoms with van der Waals surface area (Å²) in [5.41, 5.74) is 7.65. The van der Waals surface area contributed by atoms with E-state index >= 15 is 0 Å². The maximum absolute atomic E-state index is 12.1. The molecule has 0 atom stereocenters. The predicted octanol–water partition coefficient (Wildman–Crippen LogP) is 3.31. The fourth-order valence-corrected chi connectivity index (χ4v) is 3.40. The second-order valence-corrected chi connectivity index (χ2v) is 7.37. The number of benzene rings is 2. The average Bonchev–Trinajstić information content (AvgIpc) is 2.70. The number of pyridine rings is 1. The van der Waals surface area contributed by atoms with Crippen LogP contribution in [0.25, 0.3) is 10.9 Å². The summed E-state index contributed by atoms with van der Waals surface area (Å²) in [5.74, 6) is -0.879. The minimum absolute atomic E-state index is 0.0751. The largest absolute Gasteiger partial charge is 0.272 e.